The Labute approximate surface area is 207 Å². The Morgan fingerprint density at radius 1 is 1.06 bits per heavy atom. The van der Waals surface area contributed by atoms with Gasteiger partial charge in [-0.15, -0.1) is 24.0 Å². The van der Waals surface area contributed by atoms with Crippen molar-refractivity contribution in [3.63, 3.8) is 0 Å². The number of ether oxygens (including phenoxy) is 2. The molecule has 0 saturated carbocycles. The van der Waals surface area contributed by atoms with Crippen LogP contribution >= 0.6 is 24.0 Å². The Kier molecular flexibility index (Phi) is 10.6. The van der Waals surface area contributed by atoms with E-state index in [9.17, 15) is 4.79 Å². The fourth-order valence-corrected chi connectivity index (χ4v) is 3.63. The Hall–Kier alpha value is -2.49. The van der Waals surface area contributed by atoms with Crippen molar-refractivity contribution in [3.8, 4) is 11.5 Å². The summed E-state index contributed by atoms with van der Waals surface area (Å²) in [7, 11) is 3.25. The molecule has 0 unspecified atom stereocenters. The fourth-order valence-electron chi connectivity index (χ4n) is 3.63. The van der Waals surface area contributed by atoms with E-state index in [1.54, 1.807) is 14.2 Å². The molecule has 1 aliphatic rings. The van der Waals surface area contributed by atoms with Gasteiger partial charge in [0.2, 0.25) is 5.91 Å². The molecular formula is C24H33IN4O3. The van der Waals surface area contributed by atoms with Crippen LogP contribution in [0, 0.1) is 0 Å². The normalized spacial score (nSPS) is 13.5. The number of nitrogens with one attached hydrogen (secondary N) is 2. The van der Waals surface area contributed by atoms with Crippen molar-refractivity contribution in [3.05, 3.63) is 59.2 Å². The summed E-state index contributed by atoms with van der Waals surface area (Å²) in [6, 6.07) is 14.1. The van der Waals surface area contributed by atoms with E-state index in [1.807, 2.05) is 42.2 Å². The molecule has 1 saturated heterocycles. The van der Waals surface area contributed by atoms with Gasteiger partial charge >= 0.3 is 0 Å². The maximum absolute atomic E-state index is 12.0. The molecule has 1 amide bonds. The van der Waals surface area contributed by atoms with E-state index in [1.165, 1.54) is 11.1 Å². The minimum Gasteiger partial charge on any atom is -0.493 e. The molecule has 0 bridgehead atoms. The Bertz CT molecular complexity index is 920. The summed E-state index contributed by atoms with van der Waals surface area (Å²) >= 11 is 0. The van der Waals surface area contributed by atoms with E-state index < -0.39 is 0 Å². The second kappa shape index (κ2) is 13.1. The van der Waals surface area contributed by atoms with Gasteiger partial charge in [-0.25, -0.2) is 4.99 Å². The molecule has 174 valence electrons. The lowest BCUT2D eigenvalue weighted by Crippen LogP contribution is -2.37. The molecule has 8 heteroatoms. The average Bonchev–Trinajstić information content (AvgIpc) is 3.20. The number of nitrogens with zero attached hydrogens (tertiary/aromatic N) is 2. The number of halogens is 1. The highest BCUT2D eigenvalue weighted by atomic mass is 127. The number of hydrogen-bond acceptors (Lipinski definition) is 4. The highest BCUT2D eigenvalue weighted by Gasteiger charge is 2.20. The number of carbonyl (C=O) groups is 1. The van der Waals surface area contributed by atoms with Crippen LogP contribution in [-0.2, 0) is 24.4 Å². The van der Waals surface area contributed by atoms with Crippen LogP contribution in [0.4, 0.5) is 0 Å². The molecule has 2 aromatic rings. The summed E-state index contributed by atoms with van der Waals surface area (Å²) in [5.74, 6) is 2.38. The molecular weight excluding hydrogens is 519 g/mol. The van der Waals surface area contributed by atoms with Gasteiger partial charge in [-0.1, -0.05) is 30.3 Å². The van der Waals surface area contributed by atoms with Gasteiger partial charge in [0.1, 0.15) is 0 Å². The van der Waals surface area contributed by atoms with Crippen LogP contribution < -0.4 is 20.1 Å². The number of aliphatic imine (C=N–C) groups is 1. The van der Waals surface area contributed by atoms with Gasteiger partial charge in [0.05, 0.1) is 20.8 Å². The molecule has 1 fully saturated rings. The summed E-state index contributed by atoms with van der Waals surface area (Å²) in [5, 5.41) is 6.71. The average molecular weight is 552 g/mol. The van der Waals surface area contributed by atoms with Gasteiger partial charge < -0.3 is 25.0 Å². The van der Waals surface area contributed by atoms with Crippen LogP contribution in [0.3, 0.4) is 0 Å². The third-order valence-corrected chi connectivity index (χ3v) is 5.31. The second-order valence-electron chi connectivity index (χ2n) is 7.43. The van der Waals surface area contributed by atoms with Gasteiger partial charge in [0.25, 0.3) is 0 Å². The Morgan fingerprint density at radius 3 is 2.47 bits per heavy atom. The molecule has 2 aromatic carbocycles. The molecule has 0 spiro atoms. The number of guanidine groups is 1. The first-order valence-electron chi connectivity index (χ1n) is 10.7. The number of likely N-dealkylation sites (tertiary alicyclic amines) is 1. The predicted molar refractivity (Wildman–Crippen MR) is 138 cm³/mol. The smallest absolute Gasteiger partial charge is 0.222 e. The lowest BCUT2D eigenvalue weighted by atomic mass is 10.1. The topological polar surface area (TPSA) is 75.2 Å². The second-order valence-corrected chi connectivity index (χ2v) is 7.43. The first-order chi connectivity index (χ1) is 15.1. The van der Waals surface area contributed by atoms with E-state index in [-0.39, 0.29) is 29.9 Å². The van der Waals surface area contributed by atoms with Crippen LogP contribution in [-0.4, -0.2) is 44.1 Å². The molecule has 2 N–H and O–H groups in total. The molecule has 3 rings (SSSR count). The van der Waals surface area contributed by atoms with Gasteiger partial charge in [0, 0.05) is 32.6 Å². The molecule has 0 aliphatic carbocycles. The van der Waals surface area contributed by atoms with Crippen molar-refractivity contribution >= 4 is 35.8 Å². The first-order valence-corrected chi connectivity index (χ1v) is 10.7. The van der Waals surface area contributed by atoms with Crippen molar-refractivity contribution in [2.24, 2.45) is 4.99 Å². The van der Waals surface area contributed by atoms with Crippen LogP contribution in [0.25, 0.3) is 0 Å². The van der Waals surface area contributed by atoms with E-state index in [0.717, 1.165) is 31.0 Å². The zero-order valence-corrected chi connectivity index (χ0v) is 21.3. The number of carbonyl (C=O) groups excluding carboxylic acids is 1. The summed E-state index contributed by atoms with van der Waals surface area (Å²) in [6.45, 7) is 5.46. The molecule has 0 atom stereocenters. The van der Waals surface area contributed by atoms with Crippen molar-refractivity contribution in [2.75, 3.05) is 27.3 Å². The van der Waals surface area contributed by atoms with Crippen LogP contribution in [0.1, 0.15) is 36.5 Å². The number of amides is 1. The standard InChI is InChI=1S/C24H32N4O3.HI/c1-4-25-24(26-15-18-11-12-21(30-2)22(14-18)31-3)27-16-19-8-5-6-9-20(19)17-28-13-7-10-23(28)29;/h5-6,8-9,11-12,14H,4,7,10,13,15-17H2,1-3H3,(H2,25,26,27);1H. The third kappa shape index (κ3) is 7.01. The van der Waals surface area contributed by atoms with Gasteiger partial charge in [-0.05, 0) is 42.2 Å². The maximum atomic E-state index is 12.0. The number of rotatable bonds is 9. The van der Waals surface area contributed by atoms with E-state index in [4.69, 9.17) is 14.5 Å². The lowest BCUT2D eigenvalue weighted by Gasteiger charge is -2.19. The van der Waals surface area contributed by atoms with Gasteiger partial charge in [0.15, 0.2) is 17.5 Å². The van der Waals surface area contributed by atoms with Crippen LogP contribution in [0.2, 0.25) is 0 Å². The highest BCUT2D eigenvalue weighted by molar-refractivity contribution is 14.0. The summed E-state index contributed by atoms with van der Waals surface area (Å²) in [6.07, 6.45) is 1.61. The molecule has 0 radical (unpaired) electrons. The molecule has 0 aromatic heterocycles. The highest BCUT2D eigenvalue weighted by Crippen LogP contribution is 2.27. The summed E-state index contributed by atoms with van der Waals surface area (Å²) in [4.78, 5) is 18.7. The quantitative estimate of drug-likeness (QED) is 0.282. The fraction of sp³-hybridized carbons (Fsp3) is 0.417. The van der Waals surface area contributed by atoms with Gasteiger partial charge in [-0.3, -0.25) is 4.79 Å². The van der Waals surface area contributed by atoms with Gasteiger partial charge in [-0.2, -0.15) is 0 Å². The first kappa shape index (κ1) is 25.8. The Morgan fingerprint density at radius 2 is 1.81 bits per heavy atom. The van der Waals surface area contributed by atoms with E-state index in [2.05, 4.69) is 22.8 Å². The number of hydrogen-bond donors (Lipinski definition) is 2. The number of benzene rings is 2. The van der Waals surface area contributed by atoms with E-state index >= 15 is 0 Å². The van der Waals surface area contributed by atoms with Crippen molar-refractivity contribution in [1.29, 1.82) is 0 Å². The minimum absolute atomic E-state index is 0. The van der Waals surface area contributed by atoms with Crippen molar-refractivity contribution < 1.29 is 14.3 Å². The summed E-state index contributed by atoms with van der Waals surface area (Å²) in [5.41, 5.74) is 3.36. The zero-order chi connectivity index (χ0) is 22.1. The zero-order valence-electron chi connectivity index (χ0n) is 19.0. The number of methoxy groups -OCH3 is 2. The monoisotopic (exact) mass is 552 g/mol. The lowest BCUT2D eigenvalue weighted by molar-refractivity contribution is -0.128. The van der Waals surface area contributed by atoms with Crippen molar-refractivity contribution in [2.45, 2.75) is 39.4 Å². The minimum atomic E-state index is 0. The largest absolute Gasteiger partial charge is 0.493 e. The molecule has 32 heavy (non-hydrogen) atoms. The predicted octanol–water partition coefficient (Wildman–Crippen LogP) is 3.70. The molecule has 7 nitrogen and oxygen atoms in total. The SMILES string of the molecule is CCNC(=NCc1ccc(OC)c(OC)c1)NCc1ccccc1CN1CCCC1=O.I. The molecule has 1 aliphatic heterocycles. The van der Waals surface area contributed by atoms with E-state index in [0.29, 0.717) is 37.6 Å². The van der Waals surface area contributed by atoms with Crippen LogP contribution in [0.5, 0.6) is 11.5 Å². The molecule has 1 heterocycles. The van der Waals surface area contributed by atoms with Crippen molar-refractivity contribution in [1.82, 2.24) is 15.5 Å². The summed E-state index contributed by atoms with van der Waals surface area (Å²) < 4.78 is 10.7. The third-order valence-electron chi connectivity index (χ3n) is 5.31. The van der Waals surface area contributed by atoms with Crippen LogP contribution in [0.15, 0.2) is 47.5 Å². The maximum Gasteiger partial charge on any atom is 0.222 e. The Balaban J connectivity index is 0.00000363.